The molecule has 1 aliphatic rings. The highest BCUT2D eigenvalue weighted by atomic mass is 35.5. The Morgan fingerprint density at radius 3 is 2.41 bits per heavy atom. The molecule has 0 radical (unpaired) electrons. The van der Waals surface area contributed by atoms with Crippen molar-refractivity contribution in [3.8, 4) is 0 Å². The zero-order chi connectivity index (χ0) is 23.5. The van der Waals surface area contributed by atoms with Crippen molar-refractivity contribution in [3.05, 3.63) is 63.4 Å². The van der Waals surface area contributed by atoms with E-state index in [4.69, 9.17) is 23.2 Å². The first-order chi connectivity index (χ1) is 15.1. The minimum absolute atomic E-state index is 0.0387. The van der Waals surface area contributed by atoms with Gasteiger partial charge in [-0.25, -0.2) is 4.39 Å². The number of carbonyl (C=O) groups excluding carboxylic acids is 2. The largest absolute Gasteiger partial charge is 0.416 e. The zero-order valence-corrected chi connectivity index (χ0v) is 18.2. The Kier molecular flexibility index (Phi) is 7.63. The molecule has 11 heteroatoms. The van der Waals surface area contributed by atoms with Gasteiger partial charge in [-0.15, -0.1) is 0 Å². The molecule has 2 amide bonds. The topological polar surface area (TPSA) is 52.7 Å². The first-order valence-electron chi connectivity index (χ1n) is 9.68. The van der Waals surface area contributed by atoms with Gasteiger partial charge in [0, 0.05) is 26.2 Å². The van der Waals surface area contributed by atoms with Gasteiger partial charge in [-0.05, 0) is 30.7 Å². The van der Waals surface area contributed by atoms with E-state index in [0.29, 0.717) is 35.8 Å². The number of para-hydroxylation sites is 1. The van der Waals surface area contributed by atoms with Crippen molar-refractivity contribution in [1.29, 1.82) is 0 Å². The molecule has 3 rings (SSSR count). The SMILES string of the molecule is O=C(CN1CCCN(C(=O)c2cc(C(F)(F)F)cc(Cl)c2F)CC1)Nc1ccccc1Cl. The van der Waals surface area contributed by atoms with E-state index in [1.807, 2.05) is 0 Å². The van der Waals surface area contributed by atoms with E-state index >= 15 is 0 Å². The first kappa shape index (κ1) is 24.3. The lowest BCUT2D eigenvalue weighted by atomic mass is 10.1. The van der Waals surface area contributed by atoms with Crippen LogP contribution in [0.2, 0.25) is 10.0 Å². The van der Waals surface area contributed by atoms with Crippen LogP contribution in [0, 0.1) is 5.82 Å². The average molecular weight is 492 g/mol. The van der Waals surface area contributed by atoms with Crippen molar-refractivity contribution in [2.45, 2.75) is 12.6 Å². The van der Waals surface area contributed by atoms with Gasteiger partial charge < -0.3 is 10.2 Å². The molecular formula is C21H19Cl2F4N3O2. The number of hydrogen-bond donors (Lipinski definition) is 1. The first-order valence-corrected chi connectivity index (χ1v) is 10.4. The van der Waals surface area contributed by atoms with Crippen LogP contribution in [0.25, 0.3) is 0 Å². The van der Waals surface area contributed by atoms with Crippen LogP contribution in [0.5, 0.6) is 0 Å². The fourth-order valence-corrected chi connectivity index (χ4v) is 3.77. The molecule has 1 heterocycles. The highest BCUT2D eigenvalue weighted by Crippen LogP contribution is 2.34. The van der Waals surface area contributed by atoms with E-state index in [0.717, 1.165) is 0 Å². The standard InChI is InChI=1S/C21H19Cl2F4N3O2/c22-15-4-1-2-5-17(15)28-18(31)12-29-6-3-7-30(9-8-29)20(32)14-10-13(21(25,26)27)11-16(23)19(14)24/h1-2,4-5,10-11H,3,6-9,12H2,(H,28,31). The lowest BCUT2D eigenvalue weighted by Crippen LogP contribution is -2.38. The Morgan fingerprint density at radius 2 is 1.72 bits per heavy atom. The monoisotopic (exact) mass is 491 g/mol. The van der Waals surface area contributed by atoms with Crippen molar-refractivity contribution in [2.75, 3.05) is 38.0 Å². The number of alkyl halides is 3. The summed E-state index contributed by atoms with van der Waals surface area (Å²) in [5.74, 6) is -2.36. The molecule has 1 saturated heterocycles. The van der Waals surface area contributed by atoms with Crippen molar-refractivity contribution in [2.24, 2.45) is 0 Å². The van der Waals surface area contributed by atoms with E-state index in [-0.39, 0.29) is 32.1 Å². The number of amides is 2. The number of halogens is 6. The van der Waals surface area contributed by atoms with Crippen LogP contribution >= 0.6 is 23.2 Å². The minimum atomic E-state index is -4.77. The number of hydrogen-bond acceptors (Lipinski definition) is 3. The molecule has 32 heavy (non-hydrogen) atoms. The van der Waals surface area contributed by atoms with Crippen LogP contribution in [0.4, 0.5) is 23.2 Å². The van der Waals surface area contributed by atoms with Gasteiger partial charge in [-0.3, -0.25) is 14.5 Å². The Hall–Kier alpha value is -2.36. The lowest BCUT2D eigenvalue weighted by Gasteiger charge is -2.22. The molecule has 0 saturated carbocycles. The smallest absolute Gasteiger partial charge is 0.337 e. The highest BCUT2D eigenvalue weighted by Gasteiger charge is 2.34. The Morgan fingerprint density at radius 1 is 1.00 bits per heavy atom. The van der Waals surface area contributed by atoms with E-state index < -0.39 is 34.1 Å². The summed E-state index contributed by atoms with van der Waals surface area (Å²) in [7, 11) is 0. The van der Waals surface area contributed by atoms with Crippen molar-refractivity contribution < 1.29 is 27.2 Å². The maximum atomic E-state index is 14.3. The van der Waals surface area contributed by atoms with Crippen molar-refractivity contribution in [1.82, 2.24) is 9.80 Å². The lowest BCUT2D eigenvalue weighted by molar-refractivity contribution is -0.137. The molecule has 172 valence electrons. The molecule has 5 nitrogen and oxygen atoms in total. The molecule has 0 unspecified atom stereocenters. The summed E-state index contributed by atoms with van der Waals surface area (Å²) in [5, 5.41) is 2.34. The number of benzene rings is 2. The summed E-state index contributed by atoms with van der Waals surface area (Å²) in [5.41, 5.74) is -1.45. The summed E-state index contributed by atoms with van der Waals surface area (Å²) in [4.78, 5) is 28.2. The molecule has 2 aromatic rings. The van der Waals surface area contributed by atoms with Crippen LogP contribution in [0.15, 0.2) is 36.4 Å². The Balaban J connectivity index is 1.65. The van der Waals surface area contributed by atoms with Crippen molar-refractivity contribution >= 4 is 40.7 Å². The van der Waals surface area contributed by atoms with Gasteiger partial charge >= 0.3 is 6.18 Å². The van der Waals surface area contributed by atoms with Crippen LogP contribution < -0.4 is 5.32 Å². The fourth-order valence-electron chi connectivity index (χ4n) is 3.37. The Labute approximate surface area is 191 Å². The van der Waals surface area contributed by atoms with Gasteiger partial charge in [-0.1, -0.05) is 35.3 Å². The van der Waals surface area contributed by atoms with Gasteiger partial charge in [0.05, 0.1) is 33.4 Å². The van der Waals surface area contributed by atoms with Crippen LogP contribution in [-0.4, -0.2) is 54.3 Å². The number of nitrogens with one attached hydrogen (secondary N) is 1. The average Bonchev–Trinajstić information content (AvgIpc) is 2.96. The van der Waals surface area contributed by atoms with Crippen LogP contribution in [-0.2, 0) is 11.0 Å². The van der Waals surface area contributed by atoms with Gasteiger partial charge in [0.1, 0.15) is 0 Å². The number of anilines is 1. The maximum Gasteiger partial charge on any atom is 0.416 e. The second-order valence-electron chi connectivity index (χ2n) is 7.27. The van der Waals surface area contributed by atoms with E-state index in [1.165, 1.54) is 4.90 Å². The molecule has 1 fully saturated rings. The second-order valence-corrected chi connectivity index (χ2v) is 8.08. The quantitative estimate of drug-likeness (QED) is 0.616. The van der Waals surface area contributed by atoms with Crippen molar-refractivity contribution in [3.63, 3.8) is 0 Å². The van der Waals surface area contributed by atoms with Crippen LogP contribution in [0.3, 0.4) is 0 Å². The molecule has 0 bridgehead atoms. The zero-order valence-electron chi connectivity index (χ0n) is 16.7. The number of rotatable bonds is 4. The molecule has 0 aromatic heterocycles. The molecular weight excluding hydrogens is 473 g/mol. The normalized spacial score (nSPS) is 15.4. The summed E-state index contributed by atoms with van der Waals surface area (Å²) < 4.78 is 53.5. The molecule has 0 aliphatic carbocycles. The predicted octanol–water partition coefficient (Wildman–Crippen LogP) is 4.94. The highest BCUT2D eigenvalue weighted by molar-refractivity contribution is 6.33. The van der Waals surface area contributed by atoms with E-state index in [9.17, 15) is 27.2 Å². The van der Waals surface area contributed by atoms with E-state index in [2.05, 4.69) is 5.32 Å². The summed E-state index contributed by atoms with van der Waals surface area (Å²) in [6, 6.07) is 7.71. The summed E-state index contributed by atoms with van der Waals surface area (Å²) in [6.07, 6.45) is -4.31. The second kappa shape index (κ2) is 10.1. The molecule has 1 N–H and O–H groups in total. The molecule has 0 spiro atoms. The number of carbonyl (C=O) groups is 2. The Bertz CT molecular complexity index is 1020. The number of nitrogens with zero attached hydrogens (tertiary/aromatic N) is 2. The fraction of sp³-hybridized carbons (Fsp3) is 0.333. The van der Waals surface area contributed by atoms with Gasteiger partial charge in [0.2, 0.25) is 5.91 Å². The summed E-state index contributed by atoms with van der Waals surface area (Å²) >= 11 is 11.6. The molecule has 0 atom stereocenters. The summed E-state index contributed by atoms with van der Waals surface area (Å²) in [6.45, 7) is 1.12. The molecule has 1 aliphatic heterocycles. The predicted molar refractivity (Wildman–Crippen MR) is 113 cm³/mol. The third-order valence-electron chi connectivity index (χ3n) is 4.98. The third kappa shape index (κ3) is 5.90. The maximum absolute atomic E-state index is 14.3. The van der Waals surface area contributed by atoms with Gasteiger partial charge in [0.25, 0.3) is 5.91 Å². The van der Waals surface area contributed by atoms with Gasteiger partial charge in [-0.2, -0.15) is 13.2 Å². The minimum Gasteiger partial charge on any atom is -0.337 e. The van der Waals surface area contributed by atoms with E-state index in [1.54, 1.807) is 29.2 Å². The van der Waals surface area contributed by atoms with Gasteiger partial charge in [0.15, 0.2) is 5.82 Å². The molecule has 2 aromatic carbocycles. The van der Waals surface area contributed by atoms with Crippen LogP contribution in [0.1, 0.15) is 22.3 Å². The third-order valence-corrected chi connectivity index (χ3v) is 5.58.